The molecule has 1 aliphatic heterocycles. The van der Waals surface area contributed by atoms with E-state index < -0.39 is 18.1 Å². The highest BCUT2D eigenvalue weighted by Crippen LogP contribution is 2.44. The van der Waals surface area contributed by atoms with Gasteiger partial charge in [0.05, 0.1) is 25.9 Å². The minimum atomic E-state index is -0.686. The average molecular weight is 296 g/mol. The van der Waals surface area contributed by atoms with E-state index >= 15 is 0 Å². The molecule has 0 aromatic heterocycles. The summed E-state index contributed by atoms with van der Waals surface area (Å²) in [6.07, 6.45) is 0.937. The summed E-state index contributed by atoms with van der Waals surface area (Å²) in [7, 11) is 1.29. The summed E-state index contributed by atoms with van der Waals surface area (Å²) in [5, 5.41) is 8.65. The summed E-state index contributed by atoms with van der Waals surface area (Å²) in [6, 6.07) is 1.26. The molecule has 1 saturated carbocycles. The van der Waals surface area contributed by atoms with Crippen molar-refractivity contribution in [2.45, 2.75) is 31.9 Å². The number of rotatable bonds is 4. The van der Waals surface area contributed by atoms with Crippen LogP contribution in [0.4, 0.5) is 4.79 Å². The van der Waals surface area contributed by atoms with E-state index in [2.05, 4.69) is 0 Å². The van der Waals surface area contributed by atoms with E-state index in [-0.39, 0.29) is 31.2 Å². The van der Waals surface area contributed by atoms with Gasteiger partial charge in [0.15, 0.2) is 0 Å². The Balaban J connectivity index is 2.20. The number of hydrogen-bond donors (Lipinski definition) is 0. The number of fused-ring (bicyclic) bond motifs is 1. The van der Waals surface area contributed by atoms with Gasteiger partial charge in [0, 0.05) is 12.5 Å². The Kier molecular flexibility index (Phi) is 5.02. The van der Waals surface area contributed by atoms with Crippen molar-refractivity contribution in [2.75, 3.05) is 26.9 Å². The molecule has 2 rings (SSSR count). The van der Waals surface area contributed by atoms with Gasteiger partial charge in [-0.3, -0.25) is 4.90 Å². The third-order valence-corrected chi connectivity index (χ3v) is 4.23. The normalized spacial score (nSPS) is 30.6. The highest BCUT2D eigenvalue weighted by Gasteiger charge is 2.55. The molecule has 0 aromatic carbocycles. The van der Waals surface area contributed by atoms with Crippen molar-refractivity contribution < 1.29 is 23.8 Å². The van der Waals surface area contributed by atoms with Crippen molar-refractivity contribution >= 4 is 12.1 Å². The van der Waals surface area contributed by atoms with Crippen LogP contribution in [0.3, 0.4) is 0 Å². The van der Waals surface area contributed by atoms with Crippen molar-refractivity contribution in [3.8, 4) is 6.07 Å². The maximum atomic E-state index is 12.2. The monoisotopic (exact) mass is 296 g/mol. The fourth-order valence-corrected chi connectivity index (χ4v) is 3.47. The first-order valence-corrected chi connectivity index (χ1v) is 7.13. The molecule has 7 heteroatoms. The van der Waals surface area contributed by atoms with E-state index in [0.717, 1.165) is 12.8 Å². The quantitative estimate of drug-likeness (QED) is 0.717. The highest BCUT2D eigenvalue weighted by molar-refractivity contribution is 5.82. The molecular weight excluding hydrogens is 276 g/mol. The summed E-state index contributed by atoms with van der Waals surface area (Å²) >= 11 is 0. The van der Waals surface area contributed by atoms with Crippen LogP contribution in [0.1, 0.15) is 19.8 Å². The minimum Gasteiger partial charge on any atom is -0.464 e. The van der Waals surface area contributed by atoms with Gasteiger partial charge in [-0.2, -0.15) is 5.26 Å². The lowest BCUT2D eigenvalue weighted by atomic mass is 9.92. The summed E-state index contributed by atoms with van der Waals surface area (Å²) < 4.78 is 15.4. The number of carbonyl (C=O) groups is 2. The van der Waals surface area contributed by atoms with Crippen molar-refractivity contribution in [1.29, 1.82) is 5.26 Å². The number of ether oxygens (including phenoxy) is 3. The second kappa shape index (κ2) is 6.76. The third kappa shape index (κ3) is 2.95. The molecule has 0 bridgehead atoms. The van der Waals surface area contributed by atoms with Crippen molar-refractivity contribution in [3.63, 3.8) is 0 Å². The van der Waals surface area contributed by atoms with Crippen molar-refractivity contribution in [2.24, 2.45) is 11.8 Å². The van der Waals surface area contributed by atoms with E-state index in [9.17, 15) is 9.59 Å². The summed E-state index contributed by atoms with van der Waals surface area (Å²) in [6.45, 7) is 2.44. The molecule has 0 radical (unpaired) electrons. The number of methoxy groups -OCH3 is 1. The van der Waals surface area contributed by atoms with Gasteiger partial charge in [0.2, 0.25) is 0 Å². The van der Waals surface area contributed by atoms with Gasteiger partial charge in [-0.15, -0.1) is 0 Å². The van der Waals surface area contributed by atoms with Crippen molar-refractivity contribution in [3.05, 3.63) is 0 Å². The first-order chi connectivity index (χ1) is 10.1. The van der Waals surface area contributed by atoms with Crippen LogP contribution < -0.4 is 0 Å². The standard InChI is InChI=1S/C14H20N2O5/c1-3-20-13(17)12-11-9(8-16(12)14(18)19-2)4-5-10(11)21-7-6-15/h9-12H,3-5,7-8H2,1-2H3. The third-order valence-electron chi connectivity index (χ3n) is 4.23. The number of nitrogens with zero attached hydrogens (tertiary/aromatic N) is 2. The summed E-state index contributed by atoms with van der Waals surface area (Å²) in [4.78, 5) is 25.6. The van der Waals surface area contributed by atoms with E-state index in [1.165, 1.54) is 12.0 Å². The first-order valence-electron chi connectivity index (χ1n) is 7.13. The van der Waals surface area contributed by atoms with Gasteiger partial charge >= 0.3 is 12.1 Å². The Morgan fingerprint density at radius 2 is 2.14 bits per heavy atom. The maximum absolute atomic E-state index is 12.2. The molecule has 0 spiro atoms. The molecule has 21 heavy (non-hydrogen) atoms. The molecule has 1 saturated heterocycles. The van der Waals surface area contributed by atoms with Crippen LogP contribution in [0, 0.1) is 23.2 Å². The van der Waals surface area contributed by atoms with Gasteiger partial charge in [-0.25, -0.2) is 9.59 Å². The summed E-state index contributed by atoms with van der Waals surface area (Å²) in [5.74, 6) is -0.374. The number of esters is 1. The SMILES string of the molecule is CCOC(=O)C1C2C(CCC2OCC#N)CN1C(=O)OC. The maximum Gasteiger partial charge on any atom is 0.410 e. The molecule has 4 unspecified atom stereocenters. The predicted molar refractivity (Wildman–Crippen MR) is 71.1 cm³/mol. The van der Waals surface area contributed by atoms with Crippen LogP contribution in [0.15, 0.2) is 0 Å². The zero-order valence-corrected chi connectivity index (χ0v) is 12.3. The number of carbonyl (C=O) groups excluding carboxylic acids is 2. The Labute approximate surface area is 123 Å². The average Bonchev–Trinajstić information content (AvgIpc) is 3.03. The smallest absolute Gasteiger partial charge is 0.410 e. The zero-order chi connectivity index (χ0) is 15.4. The molecule has 7 nitrogen and oxygen atoms in total. The Morgan fingerprint density at radius 1 is 1.38 bits per heavy atom. The Morgan fingerprint density at radius 3 is 2.76 bits per heavy atom. The van der Waals surface area contributed by atoms with Gasteiger partial charge in [-0.05, 0) is 25.7 Å². The van der Waals surface area contributed by atoms with Crippen LogP contribution in [0.2, 0.25) is 0 Å². The molecular formula is C14H20N2O5. The van der Waals surface area contributed by atoms with E-state index in [1.54, 1.807) is 6.92 Å². The van der Waals surface area contributed by atoms with Gasteiger partial charge in [-0.1, -0.05) is 0 Å². The molecule has 2 fully saturated rings. The van der Waals surface area contributed by atoms with Crippen LogP contribution >= 0.6 is 0 Å². The fraction of sp³-hybridized carbons (Fsp3) is 0.786. The van der Waals surface area contributed by atoms with Crippen LogP contribution in [0.5, 0.6) is 0 Å². The highest BCUT2D eigenvalue weighted by atomic mass is 16.6. The van der Waals surface area contributed by atoms with Crippen LogP contribution in [0.25, 0.3) is 0 Å². The Bertz CT molecular complexity index is 447. The first kappa shape index (κ1) is 15.6. The van der Waals surface area contributed by atoms with Gasteiger partial charge < -0.3 is 14.2 Å². The number of hydrogen-bond acceptors (Lipinski definition) is 6. The molecule has 4 atom stereocenters. The van der Waals surface area contributed by atoms with E-state index in [4.69, 9.17) is 19.5 Å². The number of likely N-dealkylation sites (tertiary alicyclic amines) is 1. The topological polar surface area (TPSA) is 88.9 Å². The molecule has 1 heterocycles. The predicted octanol–water partition coefficient (Wildman–Crippen LogP) is 0.935. The van der Waals surface area contributed by atoms with E-state index in [1.807, 2.05) is 6.07 Å². The minimum absolute atomic E-state index is 0.0122. The lowest BCUT2D eigenvalue weighted by Gasteiger charge is -2.28. The lowest BCUT2D eigenvalue weighted by Crippen LogP contribution is -2.46. The molecule has 0 aromatic rings. The van der Waals surface area contributed by atoms with E-state index in [0.29, 0.717) is 6.54 Å². The lowest BCUT2D eigenvalue weighted by molar-refractivity contribution is -0.150. The van der Waals surface area contributed by atoms with Gasteiger partial charge in [0.1, 0.15) is 12.6 Å². The van der Waals surface area contributed by atoms with Crippen molar-refractivity contribution in [1.82, 2.24) is 4.90 Å². The molecule has 2 aliphatic rings. The number of amides is 1. The van der Waals surface area contributed by atoms with Crippen LogP contribution in [-0.4, -0.2) is 56.0 Å². The Hall–Kier alpha value is -1.81. The molecule has 1 aliphatic carbocycles. The molecule has 0 N–H and O–H groups in total. The summed E-state index contributed by atoms with van der Waals surface area (Å²) in [5.41, 5.74) is 0. The van der Waals surface area contributed by atoms with Gasteiger partial charge in [0.25, 0.3) is 0 Å². The fourth-order valence-electron chi connectivity index (χ4n) is 3.47. The molecule has 116 valence electrons. The molecule has 1 amide bonds. The largest absolute Gasteiger partial charge is 0.464 e. The second-order valence-electron chi connectivity index (χ2n) is 5.24. The van der Waals surface area contributed by atoms with Crippen LogP contribution in [-0.2, 0) is 19.0 Å². The second-order valence-corrected chi connectivity index (χ2v) is 5.24. The number of nitriles is 1. The zero-order valence-electron chi connectivity index (χ0n) is 12.3.